The summed E-state index contributed by atoms with van der Waals surface area (Å²) in [5.74, 6) is 0. The standard InChI is InChI=1S/C17H17F3O/c1-3-12-6-4-5-7-15(12)16(21)14-9-8-13(10-11(14)2)17(18,19)20/h4-10,16,21H,3H2,1-2H3. The molecule has 0 spiro atoms. The van der Waals surface area contributed by atoms with Gasteiger partial charge in [-0.25, -0.2) is 0 Å². The summed E-state index contributed by atoms with van der Waals surface area (Å²) in [6.45, 7) is 3.56. The van der Waals surface area contributed by atoms with Crippen molar-refractivity contribution in [3.8, 4) is 0 Å². The first-order chi connectivity index (χ1) is 9.84. The number of aryl methyl sites for hydroxylation is 2. The zero-order chi connectivity index (χ0) is 15.6. The van der Waals surface area contributed by atoms with E-state index < -0.39 is 17.8 Å². The third kappa shape index (κ3) is 3.27. The normalized spacial score (nSPS) is 13.2. The van der Waals surface area contributed by atoms with Gasteiger partial charge in [0.05, 0.1) is 5.56 Å². The Bertz CT molecular complexity index is 632. The van der Waals surface area contributed by atoms with Crippen molar-refractivity contribution in [3.05, 3.63) is 70.3 Å². The molecule has 2 rings (SSSR count). The average molecular weight is 294 g/mol. The van der Waals surface area contributed by atoms with Crippen LogP contribution in [0.5, 0.6) is 0 Å². The maximum atomic E-state index is 12.7. The van der Waals surface area contributed by atoms with Crippen molar-refractivity contribution >= 4 is 0 Å². The summed E-state index contributed by atoms with van der Waals surface area (Å²) in [6.07, 6.45) is -4.52. The predicted octanol–water partition coefficient (Wildman–Crippen LogP) is 4.66. The van der Waals surface area contributed by atoms with Crippen LogP contribution in [0, 0.1) is 6.92 Å². The number of hydrogen-bond acceptors (Lipinski definition) is 1. The number of hydrogen-bond donors (Lipinski definition) is 1. The maximum absolute atomic E-state index is 12.7. The predicted molar refractivity (Wildman–Crippen MR) is 76.1 cm³/mol. The third-order valence-electron chi connectivity index (χ3n) is 3.62. The lowest BCUT2D eigenvalue weighted by atomic mass is 9.92. The highest BCUT2D eigenvalue weighted by molar-refractivity contribution is 5.41. The summed E-state index contributed by atoms with van der Waals surface area (Å²) in [7, 11) is 0. The summed E-state index contributed by atoms with van der Waals surface area (Å²) in [5.41, 5.74) is 1.97. The SMILES string of the molecule is CCc1ccccc1C(O)c1ccc(C(F)(F)F)cc1C. The minimum Gasteiger partial charge on any atom is -0.384 e. The van der Waals surface area contributed by atoms with Gasteiger partial charge < -0.3 is 5.11 Å². The fraction of sp³-hybridized carbons (Fsp3) is 0.294. The molecule has 1 N–H and O–H groups in total. The number of benzene rings is 2. The molecular formula is C17H17F3O. The topological polar surface area (TPSA) is 20.2 Å². The minimum absolute atomic E-state index is 0.434. The number of aliphatic hydroxyl groups is 1. The molecule has 0 aliphatic carbocycles. The third-order valence-corrected chi connectivity index (χ3v) is 3.62. The quantitative estimate of drug-likeness (QED) is 0.873. The molecule has 0 bridgehead atoms. The van der Waals surface area contributed by atoms with Crippen molar-refractivity contribution in [2.75, 3.05) is 0 Å². The first-order valence-corrected chi connectivity index (χ1v) is 6.78. The Labute approximate surface area is 122 Å². The van der Waals surface area contributed by atoms with Gasteiger partial charge in [-0.1, -0.05) is 37.3 Å². The first kappa shape index (κ1) is 15.6. The van der Waals surface area contributed by atoms with Gasteiger partial charge in [0.2, 0.25) is 0 Å². The van der Waals surface area contributed by atoms with E-state index >= 15 is 0 Å². The van der Waals surface area contributed by atoms with Crippen molar-refractivity contribution in [2.24, 2.45) is 0 Å². The van der Waals surface area contributed by atoms with Gasteiger partial charge in [-0.15, -0.1) is 0 Å². The molecule has 2 aromatic rings. The van der Waals surface area contributed by atoms with Crippen molar-refractivity contribution in [1.82, 2.24) is 0 Å². The van der Waals surface area contributed by atoms with Crippen LogP contribution in [-0.2, 0) is 12.6 Å². The van der Waals surface area contributed by atoms with Crippen LogP contribution in [0.2, 0.25) is 0 Å². The highest BCUT2D eigenvalue weighted by Gasteiger charge is 2.31. The fourth-order valence-corrected chi connectivity index (χ4v) is 2.45. The van der Waals surface area contributed by atoms with E-state index in [0.29, 0.717) is 11.1 Å². The van der Waals surface area contributed by atoms with E-state index in [-0.39, 0.29) is 0 Å². The van der Waals surface area contributed by atoms with Crippen molar-refractivity contribution in [1.29, 1.82) is 0 Å². The van der Waals surface area contributed by atoms with Gasteiger partial charge in [0, 0.05) is 0 Å². The highest BCUT2D eigenvalue weighted by Crippen LogP contribution is 2.33. The minimum atomic E-state index is -4.37. The molecular weight excluding hydrogens is 277 g/mol. The van der Waals surface area contributed by atoms with Crippen LogP contribution >= 0.6 is 0 Å². The number of alkyl halides is 3. The van der Waals surface area contributed by atoms with Crippen LogP contribution in [0.1, 0.15) is 40.8 Å². The molecule has 0 saturated carbocycles. The van der Waals surface area contributed by atoms with Gasteiger partial charge >= 0.3 is 6.18 Å². The Morgan fingerprint density at radius 2 is 1.71 bits per heavy atom. The summed E-state index contributed by atoms with van der Waals surface area (Å²) in [4.78, 5) is 0. The molecule has 0 aliphatic rings. The molecule has 0 heterocycles. The Hall–Kier alpha value is -1.81. The van der Waals surface area contributed by atoms with E-state index in [1.807, 2.05) is 25.1 Å². The molecule has 0 aliphatic heterocycles. The zero-order valence-electron chi connectivity index (χ0n) is 11.9. The largest absolute Gasteiger partial charge is 0.416 e. The van der Waals surface area contributed by atoms with Gasteiger partial charge in [0.25, 0.3) is 0 Å². The van der Waals surface area contributed by atoms with Gasteiger partial charge in [0.1, 0.15) is 6.10 Å². The number of rotatable bonds is 3. The second-order valence-electron chi connectivity index (χ2n) is 5.02. The maximum Gasteiger partial charge on any atom is 0.416 e. The highest BCUT2D eigenvalue weighted by atomic mass is 19.4. The van der Waals surface area contributed by atoms with Crippen LogP contribution in [0.4, 0.5) is 13.2 Å². The van der Waals surface area contributed by atoms with E-state index in [1.54, 1.807) is 13.0 Å². The Balaban J connectivity index is 2.42. The van der Waals surface area contributed by atoms with E-state index in [4.69, 9.17) is 0 Å². The lowest BCUT2D eigenvalue weighted by Crippen LogP contribution is -2.09. The van der Waals surface area contributed by atoms with Gasteiger partial charge in [-0.2, -0.15) is 13.2 Å². The van der Waals surface area contributed by atoms with E-state index in [2.05, 4.69) is 0 Å². The van der Waals surface area contributed by atoms with Gasteiger partial charge in [0.15, 0.2) is 0 Å². The van der Waals surface area contributed by atoms with Crippen molar-refractivity contribution < 1.29 is 18.3 Å². The molecule has 0 amide bonds. The molecule has 1 atom stereocenters. The molecule has 0 radical (unpaired) electrons. The number of halogens is 3. The van der Waals surface area contributed by atoms with Gasteiger partial charge in [-0.05, 0) is 47.7 Å². The van der Waals surface area contributed by atoms with Crippen LogP contribution in [0.15, 0.2) is 42.5 Å². The second kappa shape index (κ2) is 5.90. The molecule has 2 aromatic carbocycles. The Morgan fingerprint density at radius 1 is 1.05 bits per heavy atom. The van der Waals surface area contributed by atoms with Crippen LogP contribution in [0.25, 0.3) is 0 Å². The lowest BCUT2D eigenvalue weighted by molar-refractivity contribution is -0.137. The van der Waals surface area contributed by atoms with Crippen LogP contribution < -0.4 is 0 Å². The Morgan fingerprint density at radius 3 is 2.29 bits per heavy atom. The van der Waals surface area contributed by atoms with E-state index in [0.717, 1.165) is 29.7 Å². The fourth-order valence-electron chi connectivity index (χ4n) is 2.45. The second-order valence-corrected chi connectivity index (χ2v) is 5.02. The molecule has 1 unspecified atom stereocenters. The van der Waals surface area contributed by atoms with Gasteiger partial charge in [-0.3, -0.25) is 0 Å². The first-order valence-electron chi connectivity index (χ1n) is 6.78. The summed E-state index contributed by atoms with van der Waals surface area (Å²) in [5, 5.41) is 10.5. The van der Waals surface area contributed by atoms with Crippen LogP contribution in [0.3, 0.4) is 0 Å². The summed E-state index contributed by atoms with van der Waals surface area (Å²) in [6, 6.07) is 10.9. The molecule has 112 valence electrons. The summed E-state index contributed by atoms with van der Waals surface area (Å²) >= 11 is 0. The molecule has 0 aromatic heterocycles. The van der Waals surface area contributed by atoms with Crippen molar-refractivity contribution in [2.45, 2.75) is 32.5 Å². The lowest BCUT2D eigenvalue weighted by Gasteiger charge is -2.18. The molecule has 4 heteroatoms. The summed E-state index contributed by atoms with van der Waals surface area (Å²) < 4.78 is 38.0. The molecule has 1 nitrogen and oxygen atoms in total. The van der Waals surface area contributed by atoms with Crippen molar-refractivity contribution in [3.63, 3.8) is 0 Å². The van der Waals surface area contributed by atoms with E-state index in [9.17, 15) is 18.3 Å². The zero-order valence-corrected chi connectivity index (χ0v) is 11.9. The molecule has 0 fully saturated rings. The Kier molecular flexibility index (Phi) is 4.37. The molecule has 21 heavy (non-hydrogen) atoms. The smallest absolute Gasteiger partial charge is 0.384 e. The molecule has 0 saturated heterocycles. The van der Waals surface area contributed by atoms with Crippen LogP contribution in [-0.4, -0.2) is 5.11 Å². The average Bonchev–Trinajstić information content (AvgIpc) is 2.45. The van der Waals surface area contributed by atoms with E-state index in [1.165, 1.54) is 6.07 Å². The monoisotopic (exact) mass is 294 g/mol. The number of aliphatic hydroxyl groups excluding tert-OH is 1.